The Kier molecular flexibility index (Phi) is 8.34. The van der Waals surface area contributed by atoms with Crippen LogP contribution in [0.5, 0.6) is 5.75 Å². The monoisotopic (exact) mass is 426 g/mol. The lowest BCUT2D eigenvalue weighted by Crippen LogP contribution is -2.24. The molecular formula is C24H30N2O3S. The number of carbonyl (C=O) groups is 2. The largest absolute Gasteiger partial charge is 0.496 e. The second kappa shape index (κ2) is 11.2. The maximum Gasteiger partial charge on any atom is 0.230 e. The first-order chi connectivity index (χ1) is 14.5. The molecule has 5 nitrogen and oxygen atoms in total. The van der Waals surface area contributed by atoms with E-state index in [1.54, 1.807) is 26.2 Å². The van der Waals surface area contributed by atoms with Crippen LogP contribution in [0.15, 0.2) is 42.5 Å². The van der Waals surface area contributed by atoms with Crippen molar-refractivity contribution < 1.29 is 14.3 Å². The van der Waals surface area contributed by atoms with Crippen molar-refractivity contribution >= 4 is 23.5 Å². The molecule has 1 N–H and O–H groups in total. The van der Waals surface area contributed by atoms with Gasteiger partial charge in [0.2, 0.25) is 5.91 Å². The SMILES string of the molecule is COc1ccc(C(C)=O)cc1CSCC(=O)NCc1ccc(CN2CCCC2)cc1. The Morgan fingerprint density at radius 2 is 1.77 bits per heavy atom. The number of benzene rings is 2. The highest BCUT2D eigenvalue weighted by molar-refractivity contribution is 7.99. The summed E-state index contributed by atoms with van der Waals surface area (Å²) in [4.78, 5) is 26.3. The number of carbonyl (C=O) groups excluding carboxylic acids is 2. The number of hydrogen-bond donors (Lipinski definition) is 1. The van der Waals surface area contributed by atoms with Crippen molar-refractivity contribution in [3.8, 4) is 5.75 Å². The van der Waals surface area contributed by atoms with Crippen LogP contribution in [0.3, 0.4) is 0 Å². The number of rotatable bonds is 10. The second-order valence-corrected chi connectivity index (χ2v) is 8.64. The van der Waals surface area contributed by atoms with Crippen molar-refractivity contribution in [2.45, 2.75) is 38.6 Å². The summed E-state index contributed by atoms with van der Waals surface area (Å²) in [5.74, 6) is 1.74. The third-order valence-corrected chi connectivity index (χ3v) is 6.28. The highest BCUT2D eigenvalue weighted by Gasteiger charge is 2.12. The van der Waals surface area contributed by atoms with Gasteiger partial charge in [-0.15, -0.1) is 11.8 Å². The summed E-state index contributed by atoms with van der Waals surface area (Å²) >= 11 is 1.51. The fourth-order valence-corrected chi connectivity index (χ4v) is 4.41. The fraction of sp³-hybridized carbons (Fsp3) is 0.417. The van der Waals surface area contributed by atoms with E-state index in [0.717, 1.165) is 23.4 Å². The number of Topliss-reactive ketones (excluding diaryl/α,β-unsaturated/α-hetero) is 1. The van der Waals surface area contributed by atoms with Crippen LogP contribution in [0.25, 0.3) is 0 Å². The number of hydrogen-bond acceptors (Lipinski definition) is 5. The lowest BCUT2D eigenvalue weighted by atomic mass is 10.1. The zero-order chi connectivity index (χ0) is 21.3. The number of methoxy groups -OCH3 is 1. The van der Waals surface area contributed by atoms with Crippen LogP contribution in [0.1, 0.15) is 46.8 Å². The number of ketones is 1. The Labute approximate surface area is 183 Å². The summed E-state index contributed by atoms with van der Waals surface area (Å²) in [6, 6.07) is 13.9. The predicted octanol–water partition coefficient (Wildman–Crippen LogP) is 4.04. The third-order valence-electron chi connectivity index (χ3n) is 5.30. The molecule has 0 spiro atoms. The standard InChI is InChI=1S/C24H30N2O3S/c1-18(27)21-9-10-23(29-2)22(13-21)16-30-17-24(28)25-14-19-5-7-20(8-6-19)15-26-11-3-4-12-26/h5-10,13H,3-4,11-12,14-17H2,1-2H3,(H,25,28). The van der Waals surface area contributed by atoms with E-state index in [2.05, 4.69) is 34.5 Å². The lowest BCUT2D eigenvalue weighted by molar-refractivity contribution is -0.118. The molecule has 0 unspecified atom stereocenters. The van der Waals surface area contributed by atoms with Crippen LogP contribution in [-0.2, 0) is 23.6 Å². The van der Waals surface area contributed by atoms with E-state index in [9.17, 15) is 9.59 Å². The van der Waals surface area contributed by atoms with Crippen LogP contribution < -0.4 is 10.1 Å². The minimum atomic E-state index is 0.00262. The van der Waals surface area contributed by atoms with Gasteiger partial charge in [-0.2, -0.15) is 0 Å². The number of nitrogens with one attached hydrogen (secondary N) is 1. The summed E-state index contributed by atoms with van der Waals surface area (Å²) in [6.07, 6.45) is 2.61. The van der Waals surface area contributed by atoms with E-state index in [1.165, 1.54) is 43.3 Å². The van der Waals surface area contributed by atoms with Gasteiger partial charge >= 0.3 is 0 Å². The van der Waals surface area contributed by atoms with Gasteiger partial charge in [-0.25, -0.2) is 0 Å². The minimum Gasteiger partial charge on any atom is -0.496 e. The minimum absolute atomic E-state index is 0.00262. The van der Waals surface area contributed by atoms with Gasteiger partial charge in [-0.3, -0.25) is 14.5 Å². The van der Waals surface area contributed by atoms with Gasteiger partial charge in [0, 0.05) is 30.0 Å². The first kappa shape index (κ1) is 22.4. The molecule has 30 heavy (non-hydrogen) atoms. The predicted molar refractivity (Wildman–Crippen MR) is 122 cm³/mol. The highest BCUT2D eigenvalue weighted by Crippen LogP contribution is 2.25. The first-order valence-electron chi connectivity index (χ1n) is 10.4. The molecule has 1 aliphatic rings. The average molecular weight is 427 g/mol. The second-order valence-electron chi connectivity index (χ2n) is 7.65. The van der Waals surface area contributed by atoms with Gasteiger partial charge in [0.15, 0.2) is 5.78 Å². The number of ether oxygens (including phenoxy) is 1. The Morgan fingerprint density at radius 3 is 2.43 bits per heavy atom. The molecule has 160 valence electrons. The smallest absolute Gasteiger partial charge is 0.230 e. The van der Waals surface area contributed by atoms with E-state index >= 15 is 0 Å². The zero-order valence-electron chi connectivity index (χ0n) is 17.8. The topological polar surface area (TPSA) is 58.6 Å². The third kappa shape index (κ3) is 6.61. The Balaban J connectivity index is 1.42. The summed E-state index contributed by atoms with van der Waals surface area (Å²) in [5, 5.41) is 2.98. The summed E-state index contributed by atoms with van der Waals surface area (Å²) in [7, 11) is 1.61. The van der Waals surface area contributed by atoms with Crippen molar-refractivity contribution in [3.05, 3.63) is 64.7 Å². The molecule has 0 aliphatic carbocycles. The molecule has 0 saturated carbocycles. The number of thioether (sulfide) groups is 1. The molecule has 0 bridgehead atoms. The van der Waals surface area contributed by atoms with Crippen molar-refractivity contribution in [2.24, 2.45) is 0 Å². The van der Waals surface area contributed by atoms with Gasteiger partial charge in [0.05, 0.1) is 12.9 Å². The van der Waals surface area contributed by atoms with Crippen LogP contribution in [0.2, 0.25) is 0 Å². The Bertz CT molecular complexity index is 861. The quantitative estimate of drug-likeness (QED) is 0.581. The van der Waals surface area contributed by atoms with Crippen molar-refractivity contribution in [1.82, 2.24) is 10.2 Å². The molecular weight excluding hydrogens is 396 g/mol. The fourth-order valence-electron chi connectivity index (χ4n) is 3.58. The van der Waals surface area contributed by atoms with E-state index in [0.29, 0.717) is 23.6 Å². The summed E-state index contributed by atoms with van der Waals surface area (Å²) in [6.45, 7) is 5.48. The number of likely N-dealkylation sites (tertiary alicyclic amines) is 1. The molecule has 0 aromatic heterocycles. The van der Waals surface area contributed by atoms with Crippen LogP contribution in [-0.4, -0.2) is 42.5 Å². The Morgan fingerprint density at radius 1 is 1.07 bits per heavy atom. The molecule has 1 heterocycles. The van der Waals surface area contributed by atoms with Crippen LogP contribution in [0.4, 0.5) is 0 Å². The number of nitrogens with zero attached hydrogens (tertiary/aromatic N) is 1. The van der Waals surface area contributed by atoms with E-state index in [4.69, 9.17) is 4.74 Å². The first-order valence-corrected chi connectivity index (χ1v) is 11.5. The van der Waals surface area contributed by atoms with Crippen molar-refractivity contribution in [3.63, 3.8) is 0 Å². The molecule has 1 fully saturated rings. The molecule has 3 rings (SSSR count). The molecule has 2 aromatic rings. The maximum atomic E-state index is 12.2. The van der Waals surface area contributed by atoms with E-state index in [-0.39, 0.29) is 11.7 Å². The van der Waals surface area contributed by atoms with Gasteiger partial charge < -0.3 is 10.1 Å². The maximum absolute atomic E-state index is 12.2. The van der Waals surface area contributed by atoms with E-state index in [1.807, 2.05) is 6.07 Å². The zero-order valence-corrected chi connectivity index (χ0v) is 18.6. The normalized spacial score (nSPS) is 13.9. The lowest BCUT2D eigenvalue weighted by Gasteiger charge is -2.14. The van der Waals surface area contributed by atoms with Gasteiger partial charge in [0.1, 0.15) is 5.75 Å². The molecule has 1 saturated heterocycles. The van der Waals surface area contributed by atoms with Crippen molar-refractivity contribution in [1.29, 1.82) is 0 Å². The molecule has 0 radical (unpaired) electrons. The van der Waals surface area contributed by atoms with Gasteiger partial charge in [0.25, 0.3) is 0 Å². The average Bonchev–Trinajstić information content (AvgIpc) is 3.26. The number of amides is 1. The molecule has 2 aromatic carbocycles. The molecule has 0 atom stereocenters. The van der Waals surface area contributed by atoms with Crippen molar-refractivity contribution in [2.75, 3.05) is 26.0 Å². The summed E-state index contributed by atoms with van der Waals surface area (Å²) < 4.78 is 5.37. The van der Waals surface area contributed by atoms with Crippen LogP contribution >= 0.6 is 11.8 Å². The molecule has 1 aliphatic heterocycles. The van der Waals surface area contributed by atoms with Gasteiger partial charge in [-0.05, 0) is 62.2 Å². The van der Waals surface area contributed by atoms with E-state index < -0.39 is 0 Å². The Hall–Kier alpha value is -2.31. The summed E-state index contributed by atoms with van der Waals surface area (Å²) in [5.41, 5.74) is 4.01. The van der Waals surface area contributed by atoms with Gasteiger partial charge in [-0.1, -0.05) is 24.3 Å². The van der Waals surface area contributed by atoms with Crippen LogP contribution in [0, 0.1) is 0 Å². The highest BCUT2D eigenvalue weighted by atomic mass is 32.2. The molecule has 6 heteroatoms. The molecule has 1 amide bonds.